The summed E-state index contributed by atoms with van der Waals surface area (Å²) < 4.78 is 66.6. The maximum absolute atomic E-state index is 13.3. The summed E-state index contributed by atoms with van der Waals surface area (Å²) in [5, 5.41) is 64.2. The summed E-state index contributed by atoms with van der Waals surface area (Å²) in [6.45, 7) is 28.3. The highest BCUT2D eigenvalue weighted by atomic mass is 32.2. The minimum Gasteiger partial charge on any atom is -0.744 e. The zero-order valence-electron chi connectivity index (χ0n) is 62.7. The Morgan fingerprint density at radius 3 is 1.31 bits per heavy atom. The molecule has 9 rings (SSSR count). The number of carbonyl (C=O) groups is 11. The summed E-state index contributed by atoms with van der Waals surface area (Å²) >= 11 is 0. The van der Waals surface area contributed by atoms with Crippen molar-refractivity contribution in [2.75, 3.05) is 47.5 Å². The zero-order valence-corrected chi connectivity index (χ0v) is 63.5. The number of carbonyl (C=O) groups excluding carboxylic acids is 9. The molecule has 3 aliphatic carbocycles. The molecule has 5 amide bonds. The Hall–Kier alpha value is -9.60. The summed E-state index contributed by atoms with van der Waals surface area (Å²) in [4.78, 5) is 145. The van der Waals surface area contributed by atoms with Crippen LogP contribution in [0, 0.1) is 34.8 Å². The molecule has 0 bridgehead atoms. The van der Waals surface area contributed by atoms with Gasteiger partial charge in [-0.2, -0.15) is 0 Å². The Bertz CT molecular complexity index is 3730. The van der Waals surface area contributed by atoms with E-state index in [0.717, 1.165) is 21.8 Å². The largest absolute Gasteiger partial charge is 0.744 e. The number of nitro groups is 1. The van der Waals surface area contributed by atoms with E-state index in [1.807, 2.05) is 6.92 Å². The SMILES string of the molecule is C.C=CC1C[C@]1([NH3+])C(=O)OC.C=C[C@@H]1C[C@]1(NC(=O)[C@@H]1C[C@@H](O)CN1C(=O)OC(C)(C)C)C(=O)OC.C=C[C@@H]1C[C@]1(NC(=O)[C@@H]1C[C@H](OC(=O)c2ccc([N+](=O)[O-])cc2)CN1C(=O)OC(C)(C)C)C(=O)OC.CC(C)(C)OC(=O)N1C[C@H](O)C[C@H]1C(=O)O.Cc1ccc(S(=O)(=O)[O-])cc1.O=C(O)[C@@H]1C[C@@H](O)CN1.[B]. The van der Waals surface area contributed by atoms with E-state index in [9.17, 15) is 86.0 Å². The summed E-state index contributed by atoms with van der Waals surface area (Å²) in [6.07, 6.45) is 1.69. The number of rotatable bonds is 16. The molecule has 3 saturated carbocycles. The van der Waals surface area contributed by atoms with Crippen LogP contribution in [0.4, 0.5) is 20.1 Å². The van der Waals surface area contributed by atoms with Gasteiger partial charge in [-0.1, -0.05) is 43.4 Å². The summed E-state index contributed by atoms with van der Waals surface area (Å²) in [5.41, 5.74) is -0.559. The van der Waals surface area contributed by atoms with Crippen molar-refractivity contribution in [1.29, 1.82) is 0 Å². The van der Waals surface area contributed by atoms with Gasteiger partial charge in [-0.3, -0.25) is 39.2 Å². The molecule has 38 heteroatoms. The standard InChI is InChI=1S/C24H29N3O9.C17H26N2O6.C10H17NO5.C7H11NO2.C7H8O3S.C5H9NO3.CH4.B/c1-6-15-12-24(15,21(30)34-5)25-19(28)18-11-17(13-26(18)22(31)36-23(2,3)4)35-20(29)14-7-9-16(10-8-14)27(32)33;1-6-10-8-17(10,14(22)24-5)18-13(21)12-7-11(20)9-19(12)15(23)25-16(2,3)4;1-10(2,3)16-9(15)11-5-6(12)4-7(11)8(13)14;1-3-5-4-7(5,8)6(9)10-2;1-6-2-4-7(5-3-6)11(8,9)10;7-3-1-4(5(8)9)6-2-3;;/h6-10,15,17-18H,1,11-13H2,2-5H3,(H,25,28);6,10-12,20H,1,7-9H2,2-5H3,(H,18,21);6-7,12H,4-5H2,1-3H3,(H,13,14);3,5H,1,4,8H2,2H3;2-5H,1H3,(H,8,9,10);3-4,6-7H,1-2H2,(H,8,9);1H4;/t15-,17+,18+,24-;10-,11-,12+,17-;6-,7+;5?,7-;;3-,4+;;/m1111.1../s1. The average Bonchev–Trinajstić information content (AvgIpc) is 1.59. The number of nitrogens with zero attached hydrogens (tertiary/aromatic N) is 4. The number of aliphatic carboxylic acids is 2. The number of nitrogens with one attached hydrogen (secondary N) is 3. The van der Waals surface area contributed by atoms with Gasteiger partial charge in [-0.15, -0.1) is 19.7 Å². The molecule has 4 saturated heterocycles. The first-order chi connectivity index (χ1) is 49.4. The number of ether oxygens (including phenoxy) is 7. The number of methoxy groups -OCH3 is 3. The van der Waals surface area contributed by atoms with E-state index in [4.69, 9.17) is 43.7 Å². The Morgan fingerprint density at radius 2 is 0.991 bits per heavy atom. The predicted octanol–water partition coefficient (Wildman–Crippen LogP) is 2.69. The van der Waals surface area contributed by atoms with Crippen LogP contribution in [0.2, 0.25) is 0 Å². The first kappa shape index (κ1) is 95.5. The second-order valence-electron chi connectivity index (χ2n) is 29.3. The molecule has 3 radical (unpaired) electrons. The fourth-order valence-corrected chi connectivity index (χ4v) is 11.9. The monoisotopic (exact) mass is 1560 g/mol. The van der Waals surface area contributed by atoms with Crippen LogP contribution in [0.1, 0.15) is 131 Å². The van der Waals surface area contributed by atoms with E-state index in [1.165, 1.54) is 62.6 Å². The third-order valence-electron chi connectivity index (χ3n) is 17.3. The molecule has 605 valence electrons. The molecule has 1 unspecified atom stereocenters. The molecule has 4 heterocycles. The van der Waals surface area contributed by atoms with Gasteiger partial charge in [0.15, 0.2) is 5.54 Å². The Labute approximate surface area is 634 Å². The fourth-order valence-electron chi connectivity index (χ4n) is 11.4. The van der Waals surface area contributed by atoms with Crippen molar-refractivity contribution in [3.8, 4) is 0 Å². The first-order valence-corrected chi connectivity index (χ1v) is 35.1. The molecular weight excluding hydrogens is 1460 g/mol. The molecule has 0 aromatic heterocycles. The quantitative estimate of drug-likeness (QED) is 0.0222. The smallest absolute Gasteiger partial charge is 0.411 e. The van der Waals surface area contributed by atoms with Crippen molar-refractivity contribution in [3.63, 3.8) is 0 Å². The molecular formula is C71H104BN8O28S. The number of β-amino-alcohol motifs (C(OH)–C–C–N with tert-alkyl or cyclic N) is 3. The normalized spacial score (nSPS) is 26.6. The summed E-state index contributed by atoms with van der Waals surface area (Å²) in [7, 11) is -0.423. The van der Waals surface area contributed by atoms with Crippen molar-refractivity contribution in [2.45, 2.75) is 209 Å². The van der Waals surface area contributed by atoms with Gasteiger partial charge >= 0.3 is 54.1 Å². The number of aryl methyl sites for hydroxylation is 1. The fraction of sp³-hybridized carbons (Fsp3) is 0.592. The number of likely N-dealkylation sites (tertiary alicyclic amines) is 3. The van der Waals surface area contributed by atoms with E-state index >= 15 is 0 Å². The number of aliphatic hydroxyl groups is 3. The Kier molecular flexibility index (Phi) is 34.3. The van der Waals surface area contributed by atoms with Crippen LogP contribution < -0.4 is 21.7 Å². The average molecular weight is 1560 g/mol. The van der Waals surface area contributed by atoms with Gasteiger partial charge in [0.05, 0.1) is 74.7 Å². The van der Waals surface area contributed by atoms with Gasteiger partial charge in [0.1, 0.15) is 68.3 Å². The van der Waals surface area contributed by atoms with Gasteiger partial charge in [0, 0.05) is 76.9 Å². The number of non-ortho nitro benzene ring substituents is 1. The van der Waals surface area contributed by atoms with E-state index in [-0.39, 0.29) is 94.6 Å². The molecule has 109 heavy (non-hydrogen) atoms. The van der Waals surface area contributed by atoms with Gasteiger partial charge in [0.25, 0.3) is 5.69 Å². The lowest BCUT2D eigenvalue weighted by Gasteiger charge is -2.28. The van der Waals surface area contributed by atoms with E-state index in [2.05, 4.69) is 46.2 Å². The molecule has 36 nitrogen and oxygen atoms in total. The number of benzene rings is 2. The van der Waals surface area contributed by atoms with Crippen LogP contribution >= 0.6 is 0 Å². The molecule has 11 N–H and O–H groups in total. The lowest BCUT2D eigenvalue weighted by molar-refractivity contribution is -0.428. The molecule has 7 fully saturated rings. The Morgan fingerprint density at radius 1 is 0.596 bits per heavy atom. The number of nitro benzene ring substituents is 1. The van der Waals surface area contributed by atoms with Crippen molar-refractivity contribution in [1.82, 2.24) is 30.7 Å². The molecule has 0 spiro atoms. The minimum absolute atomic E-state index is 0. The van der Waals surface area contributed by atoms with Crippen molar-refractivity contribution < 1.29 is 135 Å². The number of hydrogen-bond donors (Lipinski definition) is 9. The summed E-state index contributed by atoms with van der Waals surface area (Å²) in [6, 6.07) is 7.12. The van der Waals surface area contributed by atoms with Crippen LogP contribution in [0.5, 0.6) is 0 Å². The highest BCUT2D eigenvalue weighted by Gasteiger charge is 2.64. The van der Waals surface area contributed by atoms with Gasteiger partial charge in [-0.25, -0.2) is 46.8 Å². The Balaban J connectivity index is 0.000000479. The number of aliphatic hydroxyl groups excluding tert-OH is 3. The second-order valence-corrected chi connectivity index (χ2v) is 30.7. The highest BCUT2D eigenvalue weighted by Crippen LogP contribution is 2.47. The second kappa shape index (κ2) is 39.2. The maximum atomic E-state index is 13.3. The molecule has 7 aliphatic rings. The third kappa shape index (κ3) is 27.2. The van der Waals surface area contributed by atoms with E-state index in [0.29, 0.717) is 25.8 Å². The lowest BCUT2D eigenvalue weighted by Crippen LogP contribution is -2.69. The minimum atomic E-state index is -4.27. The van der Waals surface area contributed by atoms with Crippen molar-refractivity contribution in [3.05, 3.63) is 108 Å². The number of carboxylic acid groups (broad SMARTS) is 2. The van der Waals surface area contributed by atoms with E-state index in [1.54, 1.807) is 92.7 Å². The topological polar surface area (TPSA) is 527 Å². The van der Waals surface area contributed by atoms with E-state index < -0.39 is 157 Å². The number of quaternary nitrogens is 1. The molecule has 14 atom stereocenters. The van der Waals surface area contributed by atoms with Crippen LogP contribution in [0.25, 0.3) is 0 Å². The first-order valence-electron chi connectivity index (χ1n) is 33.7. The lowest BCUT2D eigenvalue weighted by atomic mass is 10.1. The van der Waals surface area contributed by atoms with Crippen LogP contribution in [-0.4, -0.2) is 262 Å². The van der Waals surface area contributed by atoms with Gasteiger partial charge in [0.2, 0.25) is 11.8 Å². The predicted molar refractivity (Wildman–Crippen MR) is 386 cm³/mol. The summed E-state index contributed by atoms with van der Waals surface area (Å²) in [5.74, 6) is -5.61. The number of esters is 4. The van der Waals surface area contributed by atoms with Crippen LogP contribution in [0.3, 0.4) is 0 Å². The number of hydrogen-bond acceptors (Lipinski definition) is 27. The van der Waals surface area contributed by atoms with Crippen molar-refractivity contribution in [2.24, 2.45) is 17.8 Å². The third-order valence-corrected chi connectivity index (χ3v) is 18.1. The number of carboxylic acids is 2. The molecule has 2 aromatic rings. The molecule has 2 aromatic carbocycles. The van der Waals surface area contributed by atoms with Gasteiger partial charge in [-0.05, 0) is 106 Å². The van der Waals surface area contributed by atoms with Crippen molar-refractivity contribution >= 4 is 90.1 Å². The van der Waals surface area contributed by atoms with Crippen LogP contribution in [0.15, 0.2) is 91.4 Å². The van der Waals surface area contributed by atoms with Gasteiger partial charge < -0.3 is 84.9 Å². The molecule has 4 aliphatic heterocycles. The van der Waals surface area contributed by atoms with Crippen LogP contribution in [-0.2, 0) is 76.8 Å². The highest BCUT2D eigenvalue weighted by molar-refractivity contribution is 7.85. The zero-order chi connectivity index (χ0) is 81.4. The maximum Gasteiger partial charge on any atom is 0.411 e. The number of amides is 5.